The highest BCUT2D eigenvalue weighted by Gasteiger charge is 2.44. The molecule has 0 unspecified atom stereocenters. The molecule has 0 aromatic heterocycles. The van der Waals surface area contributed by atoms with Gasteiger partial charge in [-0.3, -0.25) is 4.79 Å². The zero-order valence-electron chi connectivity index (χ0n) is 12.5. The molecule has 1 saturated heterocycles. The molecule has 0 aliphatic carbocycles. The molecule has 1 amide bonds. The van der Waals surface area contributed by atoms with Gasteiger partial charge in [0.15, 0.2) is 5.84 Å². The molecule has 0 spiro atoms. The van der Waals surface area contributed by atoms with E-state index in [1.807, 2.05) is 13.8 Å². The second kappa shape index (κ2) is 7.47. The van der Waals surface area contributed by atoms with Gasteiger partial charge in [-0.15, -0.1) is 0 Å². The molecule has 0 saturated carbocycles. The standard InChI is InChI=1S/C14H27N3O3/c1-3-7-14(8-4-2,12(15)16-20)13(19)17-9-5-11(18)6-10-17/h11,18,20H,3-10H2,1-2H3,(H2,15,16). The SMILES string of the molecule is CCCC(CCC)(C(=O)N1CCC(O)CC1)C(N)=NO. The Labute approximate surface area is 120 Å². The molecule has 0 atom stereocenters. The molecule has 1 fully saturated rings. The normalized spacial score (nSPS) is 18.4. The summed E-state index contributed by atoms with van der Waals surface area (Å²) in [6.45, 7) is 5.05. The van der Waals surface area contributed by atoms with Crippen molar-refractivity contribution in [1.29, 1.82) is 0 Å². The summed E-state index contributed by atoms with van der Waals surface area (Å²) < 4.78 is 0. The maximum Gasteiger partial charge on any atom is 0.236 e. The first-order valence-corrected chi connectivity index (χ1v) is 7.47. The van der Waals surface area contributed by atoms with Crippen LogP contribution in [0.25, 0.3) is 0 Å². The van der Waals surface area contributed by atoms with Crippen LogP contribution in [0.15, 0.2) is 5.16 Å². The highest BCUT2D eigenvalue weighted by molar-refractivity contribution is 6.06. The quantitative estimate of drug-likeness (QED) is 0.296. The number of carbonyl (C=O) groups is 1. The van der Waals surface area contributed by atoms with E-state index in [0.717, 1.165) is 12.8 Å². The summed E-state index contributed by atoms with van der Waals surface area (Å²) in [5.74, 6) is -0.0549. The summed E-state index contributed by atoms with van der Waals surface area (Å²) in [7, 11) is 0. The van der Waals surface area contributed by atoms with Crippen LogP contribution in [0.2, 0.25) is 0 Å². The average Bonchev–Trinajstić information content (AvgIpc) is 2.46. The van der Waals surface area contributed by atoms with Crippen LogP contribution in [-0.2, 0) is 4.79 Å². The number of nitrogens with two attached hydrogens (primary N) is 1. The number of hydrogen-bond acceptors (Lipinski definition) is 4. The number of aliphatic hydroxyl groups is 1. The molecule has 1 aliphatic heterocycles. The van der Waals surface area contributed by atoms with E-state index < -0.39 is 5.41 Å². The van der Waals surface area contributed by atoms with Crippen LogP contribution in [0.1, 0.15) is 52.4 Å². The fourth-order valence-corrected chi connectivity index (χ4v) is 3.03. The molecular formula is C14H27N3O3. The maximum atomic E-state index is 12.9. The Balaban J connectivity index is 2.99. The Morgan fingerprint density at radius 1 is 1.30 bits per heavy atom. The van der Waals surface area contributed by atoms with Crippen LogP contribution in [0.4, 0.5) is 0 Å². The van der Waals surface area contributed by atoms with Crippen LogP contribution < -0.4 is 5.73 Å². The van der Waals surface area contributed by atoms with Gasteiger partial charge in [0.1, 0.15) is 5.41 Å². The van der Waals surface area contributed by atoms with Crippen molar-refractivity contribution < 1.29 is 15.1 Å². The Bertz CT molecular complexity index is 344. The van der Waals surface area contributed by atoms with Gasteiger partial charge < -0.3 is 20.9 Å². The zero-order valence-corrected chi connectivity index (χ0v) is 12.5. The highest BCUT2D eigenvalue weighted by Crippen LogP contribution is 2.33. The molecule has 0 radical (unpaired) electrons. The lowest BCUT2D eigenvalue weighted by molar-refractivity contribution is -0.141. The number of carbonyl (C=O) groups excluding carboxylic acids is 1. The van der Waals surface area contributed by atoms with Gasteiger partial charge >= 0.3 is 0 Å². The van der Waals surface area contributed by atoms with Gasteiger partial charge in [0, 0.05) is 13.1 Å². The lowest BCUT2D eigenvalue weighted by atomic mass is 9.76. The molecule has 6 heteroatoms. The van der Waals surface area contributed by atoms with Crippen molar-refractivity contribution >= 4 is 11.7 Å². The number of likely N-dealkylation sites (tertiary alicyclic amines) is 1. The molecule has 0 aromatic rings. The largest absolute Gasteiger partial charge is 0.409 e. The first-order valence-electron chi connectivity index (χ1n) is 7.47. The van der Waals surface area contributed by atoms with E-state index in [-0.39, 0.29) is 17.8 Å². The Kier molecular flexibility index (Phi) is 6.26. The summed E-state index contributed by atoms with van der Waals surface area (Å²) in [5.41, 5.74) is 4.96. The minimum atomic E-state index is -0.902. The summed E-state index contributed by atoms with van der Waals surface area (Å²) in [5, 5.41) is 21.7. The number of hydrogen-bond donors (Lipinski definition) is 3. The molecule has 0 aromatic carbocycles. The zero-order chi connectivity index (χ0) is 15.2. The van der Waals surface area contributed by atoms with Crippen LogP contribution in [0.5, 0.6) is 0 Å². The average molecular weight is 285 g/mol. The van der Waals surface area contributed by atoms with Gasteiger partial charge in [-0.2, -0.15) is 0 Å². The van der Waals surface area contributed by atoms with E-state index in [0.29, 0.717) is 38.8 Å². The highest BCUT2D eigenvalue weighted by atomic mass is 16.4. The minimum Gasteiger partial charge on any atom is -0.409 e. The number of oxime groups is 1. The molecule has 6 nitrogen and oxygen atoms in total. The number of amides is 1. The van der Waals surface area contributed by atoms with E-state index in [1.165, 1.54) is 0 Å². The Morgan fingerprint density at radius 2 is 1.80 bits per heavy atom. The van der Waals surface area contributed by atoms with Crippen molar-refractivity contribution in [1.82, 2.24) is 4.90 Å². The third kappa shape index (κ3) is 3.42. The van der Waals surface area contributed by atoms with E-state index >= 15 is 0 Å². The second-order valence-electron chi connectivity index (χ2n) is 5.59. The molecule has 116 valence electrons. The van der Waals surface area contributed by atoms with Crippen LogP contribution in [0.3, 0.4) is 0 Å². The summed E-state index contributed by atoms with van der Waals surface area (Å²) in [6, 6.07) is 0. The van der Waals surface area contributed by atoms with Crippen molar-refractivity contribution in [3.63, 3.8) is 0 Å². The van der Waals surface area contributed by atoms with E-state index in [9.17, 15) is 9.90 Å². The van der Waals surface area contributed by atoms with Crippen LogP contribution in [-0.4, -0.2) is 46.1 Å². The number of piperidine rings is 1. The minimum absolute atomic E-state index is 0.0114. The Morgan fingerprint density at radius 3 is 2.20 bits per heavy atom. The first-order chi connectivity index (χ1) is 9.51. The van der Waals surface area contributed by atoms with E-state index in [2.05, 4.69) is 5.16 Å². The molecular weight excluding hydrogens is 258 g/mol. The summed E-state index contributed by atoms with van der Waals surface area (Å²) in [6.07, 6.45) is 3.60. The smallest absolute Gasteiger partial charge is 0.236 e. The van der Waals surface area contributed by atoms with Gasteiger partial charge in [-0.05, 0) is 25.7 Å². The molecule has 1 aliphatic rings. The lowest BCUT2D eigenvalue weighted by Gasteiger charge is -2.38. The third-order valence-electron chi connectivity index (χ3n) is 4.11. The number of rotatable bonds is 6. The maximum absolute atomic E-state index is 12.9. The fraction of sp³-hybridized carbons (Fsp3) is 0.857. The van der Waals surface area contributed by atoms with Crippen molar-refractivity contribution in [2.45, 2.75) is 58.5 Å². The summed E-state index contributed by atoms with van der Waals surface area (Å²) >= 11 is 0. The van der Waals surface area contributed by atoms with E-state index in [1.54, 1.807) is 4.90 Å². The van der Waals surface area contributed by atoms with Crippen LogP contribution in [0, 0.1) is 5.41 Å². The number of amidine groups is 1. The predicted octanol–water partition coefficient (Wildman–Crippen LogP) is 1.30. The van der Waals surface area contributed by atoms with Gasteiger partial charge in [0.25, 0.3) is 0 Å². The van der Waals surface area contributed by atoms with Gasteiger partial charge in [-0.25, -0.2) is 0 Å². The third-order valence-corrected chi connectivity index (χ3v) is 4.11. The summed E-state index contributed by atoms with van der Waals surface area (Å²) in [4.78, 5) is 14.6. The topological polar surface area (TPSA) is 99.2 Å². The van der Waals surface area contributed by atoms with Gasteiger partial charge in [0.2, 0.25) is 5.91 Å². The van der Waals surface area contributed by atoms with Crippen molar-refractivity contribution in [2.75, 3.05) is 13.1 Å². The van der Waals surface area contributed by atoms with Crippen molar-refractivity contribution in [2.24, 2.45) is 16.3 Å². The van der Waals surface area contributed by atoms with Crippen molar-refractivity contribution in [3.05, 3.63) is 0 Å². The second-order valence-corrected chi connectivity index (χ2v) is 5.59. The van der Waals surface area contributed by atoms with Crippen LogP contribution >= 0.6 is 0 Å². The van der Waals surface area contributed by atoms with E-state index in [4.69, 9.17) is 10.9 Å². The number of nitrogens with zero attached hydrogens (tertiary/aromatic N) is 2. The molecule has 20 heavy (non-hydrogen) atoms. The number of aliphatic hydroxyl groups excluding tert-OH is 1. The lowest BCUT2D eigenvalue weighted by Crippen LogP contribution is -2.53. The molecule has 4 N–H and O–H groups in total. The van der Waals surface area contributed by atoms with Crippen molar-refractivity contribution in [3.8, 4) is 0 Å². The van der Waals surface area contributed by atoms with Gasteiger partial charge in [0.05, 0.1) is 6.10 Å². The first kappa shape index (κ1) is 16.8. The molecule has 1 rings (SSSR count). The van der Waals surface area contributed by atoms with Gasteiger partial charge in [-0.1, -0.05) is 31.8 Å². The fourth-order valence-electron chi connectivity index (χ4n) is 3.03. The predicted molar refractivity (Wildman–Crippen MR) is 77.5 cm³/mol. The molecule has 0 bridgehead atoms. The Hall–Kier alpha value is -1.30. The molecule has 1 heterocycles. The monoisotopic (exact) mass is 285 g/mol.